The Labute approximate surface area is 262 Å². The van der Waals surface area contributed by atoms with Crippen LogP contribution in [0, 0.1) is 50.7 Å². The van der Waals surface area contributed by atoms with Crippen LogP contribution in [0.5, 0.6) is 0 Å². The molecule has 0 aromatic heterocycles. The zero-order valence-electron chi connectivity index (χ0n) is 27.7. The molecular formula is C35H56O9. The van der Waals surface area contributed by atoms with Gasteiger partial charge in [-0.15, -0.1) is 0 Å². The molecule has 44 heavy (non-hydrogen) atoms. The summed E-state index contributed by atoms with van der Waals surface area (Å²) >= 11 is 0. The van der Waals surface area contributed by atoms with E-state index in [0.29, 0.717) is 17.8 Å². The summed E-state index contributed by atoms with van der Waals surface area (Å²) in [7, 11) is 0. The minimum atomic E-state index is -1.28. The van der Waals surface area contributed by atoms with Crippen LogP contribution >= 0.6 is 0 Å². The molecule has 0 aromatic rings. The van der Waals surface area contributed by atoms with Crippen molar-refractivity contribution in [3.8, 4) is 0 Å². The van der Waals surface area contributed by atoms with Crippen LogP contribution in [0.4, 0.5) is 0 Å². The fraction of sp³-hybridized carbons (Fsp3) is 1.00. The van der Waals surface area contributed by atoms with Crippen molar-refractivity contribution in [3.63, 3.8) is 0 Å². The van der Waals surface area contributed by atoms with Crippen LogP contribution in [-0.4, -0.2) is 92.5 Å². The first-order valence-electron chi connectivity index (χ1n) is 17.5. The molecule has 5 saturated carbocycles. The summed E-state index contributed by atoms with van der Waals surface area (Å²) in [6, 6.07) is 0. The first-order valence-corrected chi connectivity index (χ1v) is 17.5. The number of aliphatic hydroxyl groups is 5. The highest BCUT2D eigenvalue weighted by Gasteiger charge is 2.88. The smallest absolute Gasteiger partial charge is 0.199 e. The average molecular weight is 621 g/mol. The van der Waals surface area contributed by atoms with Gasteiger partial charge in [0, 0.05) is 11.3 Å². The maximum atomic E-state index is 12.7. The molecule has 3 spiro atoms. The minimum absolute atomic E-state index is 0.0559. The zero-order valence-corrected chi connectivity index (χ0v) is 27.7. The Morgan fingerprint density at radius 3 is 2.23 bits per heavy atom. The lowest BCUT2D eigenvalue weighted by atomic mass is 9.41. The van der Waals surface area contributed by atoms with E-state index >= 15 is 0 Å². The van der Waals surface area contributed by atoms with Crippen molar-refractivity contribution in [1.82, 2.24) is 0 Å². The summed E-state index contributed by atoms with van der Waals surface area (Å²) in [5.74, 6) is 0.108. The van der Waals surface area contributed by atoms with Crippen LogP contribution < -0.4 is 0 Å². The first-order chi connectivity index (χ1) is 20.4. The number of ether oxygens (including phenoxy) is 4. The highest BCUT2D eigenvalue weighted by Crippen LogP contribution is 2.90. The zero-order chi connectivity index (χ0) is 31.6. The van der Waals surface area contributed by atoms with Gasteiger partial charge in [0.2, 0.25) is 0 Å². The predicted molar refractivity (Wildman–Crippen MR) is 159 cm³/mol. The van der Waals surface area contributed by atoms with Crippen molar-refractivity contribution in [2.75, 3.05) is 6.61 Å². The van der Waals surface area contributed by atoms with Crippen LogP contribution in [0.25, 0.3) is 0 Å². The van der Waals surface area contributed by atoms with Crippen molar-refractivity contribution in [2.45, 2.75) is 160 Å². The molecule has 17 atom stereocenters. The van der Waals surface area contributed by atoms with Crippen molar-refractivity contribution >= 4 is 0 Å². The molecule has 0 radical (unpaired) electrons. The first kappa shape index (κ1) is 30.9. The van der Waals surface area contributed by atoms with Crippen LogP contribution in [-0.2, 0) is 18.9 Å². The summed E-state index contributed by atoms with van der Waals surface area (Å²) in [6.45, 7) is 15.2. The second-order valence-corrected chi connectivity index (χ2v) is 18.3. The van der Waals surface area contributed by atoms with Gasteiger partial charge < -0.3 is 44.5 Å². The van der Waals surface area contributed by atoms with Gasteiger partial charge in [-0.3, -0.25) is 0 Å². The van der Waals surface area contributed by atoms with Gasteiger partial charge >= 0.3 is 0 Å². The summed E-state index contributed by atoms with van der Waals surface area (Å²) in [4.78, 5) is 0. The maximum Gasteiger partial charge on any atom is 0.199 e. The Balaban J connectivity index is 1.10. The fourth-order valence-corrected chi connectivity index (χ4v) is 14.0. The SMILES string of the molecule is C[C@@H]1C[C@H]2O[C@]3(O[C@@H]2C(C)(C)O)[C@@H]1[C@@]1(C)CC[C@@]24C[C@@]25CC[C@H](O[C@H]2OC[C@H](O)[C@@H](O)[C@@H]2O)C(C)(C)[C@H]5CC[C@H]4[C@]1(C)[C@H]3O. The number of fused-ring (bicyclic) bond motifs is 4. The van der Waals surface area contributed by atoms with E-state index in [9.17, 15) is 25.5 Å². The van der Waals surface area contributed by atoms with Gasteiger partial charge in [0.05, 0.1) is 24.4 Å². The molecule has 8 aliphatic rings. The molecule has 3 aliphatic heterocycles. The summed E-state index contributed by atoms with van der Waals surface area (Å²) in [5, 5.41) is 54.5. The Morgan fingerprint density at radius 2 is 1.52 bits per heavy atom. The number of hydrogen-bond donors (Lipinski definition) is 5. The van der Waals surface area contributed by atoms with Crippen molar-refractivity contribution in [3.05, 3.63) is 0 Å². The van der Waals surface area contributed by atoms with E-state index in [0.717, 1.165) is 44.9 Å². The average Bonchev–Trinajstić information content (AvgIpc) is 3.45. The van der Waals surface area contributed by atoms with Gasteiger partial charge in [0.25, 0.3) is 0 Å². The van der Waals surface area contributed by atoms with E-state index in [1.807, 2.05) is 0 Å². The van der Waals surface area contributed by atoms with Crippen LogP contribution in [0.15, 0.2) is 0 Å². The van der Waals surface area contributed by atoms with E-state index in [4.69, 9.17) is 18.9 Å². The highest BCUT2D eigenvalue weighted by molar-refractivity contribution is 5.34. The van der Waals surface area contributed by atoms with Gasteiger partial charge in [0.15, 0.2) is 12.1 Å². The predicted octanol–water partition coefficient (Wildman–Crippen LogP) is 3.12. The molecule has 9 nitrogen and oxygen atoms in total. The van der Waals surface area contributed by atoms with E-state index in [-0.39, 0.29) is 51.8 Å². The molecule has 5 N–H and O–H groups in total. The van der Waals surface area contributed by atoms with E-state index < -0.39 is 48.2 Å². The highest BCUT2D eigenvalue weighted by atomic mass is 16.8. The summed E-state index contributed by atoms with van der Waals surface area (Å²) in [5.41, 5.74) is -1.39. The monoisotopic (exact) mass is 620 g/mol. The lowest BCUT2D eigenvalue weighted by Crippen LogP contribution is -2.61. The van der Waals surface area contributed by atoms with Crippen molar-refractivity contribution < 1.29 is 44.5 Å². The van der Waals surface area contributed by atoms with E-state index in [1.165, 1.54) is 6.42 Å². The van der Waals surface area contributed by atoms with Crippen molar-refractivity contribution in [1.29, 1.82) is 0 Å². The second kappa shape index (κ2) is 9.00. The molecule has 0 amide bonds. The van der Waals surface area contributed by atoms with Crippen LogP contribution in [0.1, 0.15) is 99.8 Å². The topological polar surface area (TPSA) is 138 Å². The van der Waals surface area contributed by atoms with E-state index in [1.54, 1.807) is 13.8 Å². The van der Waals surface area contributed by atoms with Crippen LogP contribution in [0.3, 0.4) is 0 Å². The molecule has 3 saturated heterocycles. The maximum absolute atomic E-state index is 12.7. The molecule has 0 aromatic carbocycles. The standard InChI is InChI=1S/C35H56O9/c1-17-14-19-26(30(4,5)40)44-35(43-19)25(17)31(6)12-13-34-16-33(34)11-10-22(42-27-24(38)23(37)18(36)15-41-27)29(2,3)20(33)8-9-21(34)32(31,7)28(35)39/h17-28,36-40H,8-16H2,1-7H3/t17-,18+,19-,20-,21+,22+,23-,24+,25+,26+,27-,28-,31-,32-,33-,34+,35+/m1/s1. The lowest BCUT2D eigenvalue weighted by Gasteiger charge is -2.63. The largest absolute Gasteiger partial charge is 0.388 e. The van der Waals surface area contributed by atoms with E-state index in [2.05, 4.69) is 34.6 Å². The third kappa shape index (κ3) is 3.38. The Hall–Kier alpha value is -0.360. The summed E-state index contributed by atoms with van der Waals surface area (Å²) < 4.78 is 25.8. The van der Waals surface area contributed by atoms with Gasteiger partial charge in [0.1, 0.15) is 30.5 Å². The quantitative estimate of drug-likeness (QED) is 0.301. The lowest BCUT2D eigenvalue weighted by molar-refractivity contribution is -0.303. The second-order valence-electron chi connectivity index (χ2n) is 18.3. The number of hydrogen-bond acceptors (Lipinski definition) is 9. The Kier molecular flexibility index (Phi) is 6.33. The Bertz CT molecular complexity index is 1200. The number of aliphatic hydroxyl groups excluding tert-OH is 4. The third-order valence-electron chi connectivity index (χ3n) is 15.9. The van der Waals surface area contributed by atoms with Crippen molar-refractivity contribution in [2.24, 2.45) is 50.7 Å². The Morgan fingerprint density at radius 1 is 0.841 bits per heavy atom. The molecular weight excluding hydrogens is 564 g/mol. The number of rotatable bonds is 3. The minimum Gasteiger partial charge on any atom is -0.388 e. The van der Waals surface area contributed by atoms with Gasteiger partial charge in [-0.05, 0) is 105 Å². The third-order valence-corrected chi connectivity index (χ3v) is 15.9. The molecule has 2 bridgehead atoms. The molecule has 250 valence electrons. The van der Waals surface area contributed by atoms with Gasteiger partial charge in [-0.25, -0.2) is 0 Å². The summed E-state index contributed by atoms with van der Waals surface area (Å²) in [6.07, 6.45) is 2.00. The van der Waals surface area contributed by atoms with Gasteiger partial charge in [-0.1, -0.05) is 34.6 Å². The molecule has 8 fully saturated rings. The molecule has 5 aliphatic carbocycles. The fourth-order valence-electron chi connectivity index (χ4n) is 14.0. The van der Waals surface area contributed by atoms with Gasteiger partial charge in [-0.2, -0.15) is 0 Å². The normalized spacial score (nSPS) is 62.2. The molecule has 0 unspecified atom stereocenters. The molecule has 9 heteroatoms. The van der Waals surface area contributed by atoms with Crippen LogP contribution in [0.2, 0.25) is 0 Å². The molecule has 8 rings (SSSR count). The molecule has 3 heterocycles.